The quantitative estimate of drug-likeness (QED) is 0.815. The van der Waals surface area contributed by atoms with Crippen molar-refractivity contribution in [2.75, 3.05) is 0 Å². The van der Waals surface area contributed by atoms with Crippen LogP contribution in [0.2, 0.25) is 0 Å². The average Bonchev–Trinajstić information content (AvgIpc) is 2.99. The van der Waals surface area contributed by atoms with Crippen LogP contribution in [0.5, 0.6) is 0 Å². The van der Waals surface area contributed by atoms with Crippen LogP contribution in [0.15, 0.2) is 24.4 Å². The molecule has 2 atom stereocenters. The zero-order chi connectivity index (χ0) is 10.9. The van der Waals surface area contributed by atoms with E-state index in [1.165, 1.54) is 12.8 Å². The van der Waals surface area contributed by atoms with Gasteiger partial charge in [-0.2, -0.15) is 0 Å². The van der Waals surface area contributed by atoms with Gasteiger partial charge in [0.1, 0.15) is 0 Å². The summed E-state index contributed by atoms with van der Waals surface area (Å²) < 4.78 is 0. The number of hydrogen-bond donors (Lipinski definition) is 1. The van der Waals surface area contributed by atoms with Crippen LogP contribution in [-0.4, -0.2) is 11.0 Å². The van der Waals surface area contributed by atoms with Gasteiger partial charge in [0.25, 0.3) is 0 Å². The number of rotatable bonds is 4. The molecule has 82 valence electrons. The highest BCUT2D eigenvalue weighted by atomic mass is 15.0. The highest BCUT2D eigenvalue weighted by molar-refractivity contribution is 5.09. The van der Waals surface area contributed by atoms with Gasteiger partial charge < -0.3 is 5.32 Å². The van der Waals surface area contributed by atoms with Crippen molar-refractivity contribution in [1.82, 2.24) is 10.3 Å². The molecule has 1 N–H and O–H groups in total. The Morgan fingerprint density at radius 3 is 2.60 bits per heavy atom. The summed E-state index contributed by atoms with van der Waals surface area (Å²) in [6, 6.07) is 7.01. The Labute approximate surface area is 92.1 Å². The Kier molecular flexibility index (Phi) is 2.79. The summed E-state index contributed by atoms with van der Waals surface area (Å²) in [4.78, 5) is 4.37. The summed E-state index contributed by atoms with van der Waals surface area (Å²) in [5.41, 5.74) is 1.66. The molecule has 2 rings (SSSR count). The lowest BCUT2D eigenvalue weighted by atomic mass is 9.99. The Balaban J connectivity index is 1.95. The molecule has 0 radical (unpaired) electrons. The SMILES string of the molecule is CC(NC(C)C1(C)CC1)c1ccccn1. The van der Waals surface area contributed by atoms with E-state index in [1.54, 1.807) is 0 Å². The lowest BCUT2D eigenvalue weighted by Gasteiger charge is -2.24. The van der Waals surface area contributed by atoms with Gasteiger partial charge in [0.15, 0.2) is 0 Å². The molecule has 0 aromatic carbocycles. The molecular formula is C13H20N2. The lowest BCUT2D eigenvalue weighted by molar-refractivity contribution is 0.347. The van der Waals surface area contributed by atoms with E-state index in [-0.39, 0.29) is 0 Å². The first-order valence-electron chi connectivity index (χ1n) is 5.79. The van der Waals surface area contributed by atoms with Crippen molar-refractivity contribution in [3.05, 3.63) is 30.1 Å². The van der Waals surface area contributed by atoms with Gasteiger partial charge in [-0.25, -0.2) is 0 Å². The van der Waals surface area contributed by atoms with E-state index >= 15 is 0 Å². The standard InChI is InChI=1S/C13H20N2/c1-10(12-6-4-5-9-14-12)15-11(2)13(3)7-8-13/h4-6,9-11,15H,7-8H2,1-3H3. The normalized spacial score (nSPS) is 22.1. The number of hydrogen-bond acceptors (Lipinski definition) is 2. The molecule has 0 spiro atoms. The lowest BCUT2D eigenvalue weighted by Crippen LogP contribution is -2.35. The predicted octanol–water partition coefficient (Wildman–Crippen LogP) is 2.92. The van der Waals surface area contributed by atoms with Crippen molar-refractivity contribution in [3.63, 3.8) is 0 Å². The molecule has 1 aliphatic rings. The monoisotopic (exact) mass is 204 g/mol. The predicted molar refractivity (Wildman–Crippen MR) is 62.6 cm³/mol. The average molecular weight is 204 g/mol. The molecule has 0 saturated heterocycles. The molecule has 1 aromatic rings. The van der Waals surface area contributed by atoms with Crippen molar-refractivity contribution >= 4 is 0 Å². The summed E-state index contributed by atoms with van der Waals surface area (Å²) >= 11 is 0. The molecule has 2 nitrogen and oxygen atoms in total. The van der Waals surface area contributed by atoms with E-state index in [4.69, 9.17) is 0 Å². The largest absolute Gasteiger partial charge is 0.306 e. The number of nitrogens with zero attached hydrogens (tertiary/aromatic N) is 1. The third-order valence-electron chi connectivity index (χ3n) is 3.72. The number of aromatic nitrogens is 1. The molecule has 0 aliphatic heterocycles. The Hall–Kier alpha value is -0.890. The molecule has 0 bridgehead atoms. The maximum absolute atomic E-state index is 4.37. The Morgan fingerprint density at radius 2 is 2.07 bits per heavy atom. The molecule has 1 heterocycles. The molecule has 1 saturated carbocycles. The first-order chi connectivity index (χ1) is 7.12. The molecule has 1 fully saturated rings. The summed E-state index contributed by atoms with van der Waals surface area (Å²) in [5, 5.41) is 3.64. The fraction of sp³-hybridized carbons (Fsp3) is 0.615. The van der Waals surface area contributed by atoms with Gasteiger partial charge >= 0.3 is 0 Å². The molecule has 15 heavy (non-hydrogen) atoms. The van der Waals surface area contributed by atoms with Gasteiger partial charge in [0.05, 0.1) is 5.69 Å². The third kappa shape index (κ3) is 2.37. The van der Waals surface area contributed by atoms with Crippen molar-refractivity contribution in [2.45, 2.75) is 45.7 Å². The van der Waals surface area contributed by atoms with Gasteiger partial charge in [-0.3, -0.25) is 4.98 Å². The summed E-state index contributed by atoms with van der Waals surface area (Å²) in [5.74, 6) is 0. The Bertz CT molecular complexity index is 317. The second kappa shape index (κ2) is 3.93. The van der Waals surface area contributed by atoms with Crippen LogP contribution in [0.3, 0.4) is 0 Å². The summed E-state index contributed by atoms with van der Waals surface area (Å²) in [7, 11) is 0. The van der Waals surface area contributed by atoms with Crippen molar-refractivity contribution < 1.29 is 0 Å². The molecule has 2 unspecified atom stereocenters. The van der Waals surface area contributed by atoms with E-state index in [1.807, 2.05) is 18.3 Å². The molecule has 0 amide bonds. The van der Waals surface area contributed by atoms with Crippen LogP contribution in [0.4, 0.5) is 0 Å². The van der Waals surface area contributed by atoms with E-state index in [0.29, 0.717) is 17.5 Å². The van der Waals surface area contributed by atoms with Crippen LogP contribution in [0.25, 0.3) is 0 Å². The minimum atomic E-state index is 0.346. The highest BCUT2D eigenvalue weighted by Gasteiger charge is 2.42. The molecule has 2 heteroatoms. The fourth-order valence-corrected chi connectivity index (χ4v) is 1.92. The van der Waals surface area contributed by atoms with E-state index in [9.17, 15) is 0 Å². The Morgan fingerprint density at radius 1 is 1.33 bits per heavy atom. The fourth-order valence-electron chi connectivity index (χ4n) is 1.92. The zero-order valence-electron chi connectivity index (χ0n) is 9.83. The smallest absolute Gasteiger partial charge is 0.0570 e. The second-order valence-corrected chi connectivity index (χ2v) is 5.02. The molecular weight excluding hydrogens is 184 g/mol. The van der Waals surface area contributed by atoms with Gasteiger partial charge in [0, 0.05) is 18.3 Å². The number of pyridine rings is 1. The summed E-state index contributed by atoms with van der Waals surface area (Å²) in [6.45, 7) is 6.83. The van der Waals surface area contributed by atoms with E-state index in [2.05, 4.69) is 37.1 Å². The van der Waals surface area contributed by atoms with Gasteiger partial charge in [-0.1, -0.05) is 13.0 Å². The van der Waals surface area contributed by atoms with Gasteiger partial charge in [0.2, 0.25) is 0 Å². The van der Waals surface area contributed by atoms with Crippen LogP contribution >= 0.6 is 0 Å². The van der Waals surface area contributed by atoms with Gasteiger partial charge in [-0.15, -0.1) is 0 Å². The van der Waals surface area contributed by atoms with E-state index < -0.39 is 0 Å². The van der Waals surface area contributed by atoms with E-state index in [0.717, 1.165) is 5.69 Å². The van der Waals surface area contributed by atoms with Crippen LogP contribution in [0, 0.1) is 5.41 Å². The first kappa shape index (κ1) is 10.6. The number of nitrogens with one attached hydrogen (secondary N) is 1. The van der Waals surface area contributed by atoms with Gasteiger partial charge in [-0.05, 0) is 44.2 Å². The first-order valence-corrected chi connectivity index (χ1v) is 5.79. The second-order valence-electron chi connectivity index (χ2n) is 5.02. The topological polar surface area (TPSA) is 24.9 Å². The van der Waals surface area contributed by atoms with Crippen molar-refractivity contribution in [3.8, 4) is 0 Å². The zero-order valence-corrected chi connectivity index (χ0v) is 9.83. The third-order valence-corrected chi connectivity index (χ3v) is 3.72. The minimum Gasteiger partial charge on any atom is -0.306 e. The van der Waals surface area contributed by atoms with Crippen LogP contribution in [0.1, 0.15) is 45.3 Å². The highest BCUT2D eigenvalue weighted by Crippen LogP contribution is 2.48. The van der Waals surface area contributed by atoms with Crippen molar-refractivity contribution in [1.29, 1.82) is 0 Å². The molecule has 1 aliphatic carbocycles. The minimum absolute atomic E-state index is 0.346. The van der Waals surface area contributed by atoms with Crippen LogP contribution in [-0.2, 0) is 0 Å². The molecule has 1 aromatic heterocycles. The maximum atomic E-state index is 4.37. The maximum Gasteiger partial charge on any atom is 0.0570 e. The van der Waals surface area contributed by atoms with Crippen LogP contribution < -0.4 is 5.32 Å². The summed E-state index contributed by atoms with van der Waals surface area (Å²) in [6.07, 6.45) is 4.57. The van der Waals surface area contributed by atoms with Crippen molar-refractivity contribution in [2.24, 2.45) is 5.41 Å².